The van der Waals surface area contributed by atoms with Gasteiger partial charge in [0.2, 0.25) is 0 Å². The number of benzene rings is 2. The molecule has 0 fully saturated rings. The van der Waals surface area contributed by atoms with E-state index in [2.05, 4.69) is 45.0 Å². The molecule has 0 radical (unpaired) electrons. The summed E-state index contributed by atoms with van der Waals surface area (Å²) in [6.07, 6.45) is 0. The monoisotopic (exact) mass is 310 g/mol. The van der Waals surface area contributed by atoms with Crippen LogP contribution in [0, 0.1) is 6.92 Å². The molecule has 0 bridgehead atoms. The Morgan fingerprint density at radius 2 is 1.61 bits per heavy atom. The fourth-order valence-corrected chi connectivity index (χ4v) is 2.76. The van der Waals surface area contributed by atoms with Crippen LogP contribution >= 0.6 is 0 Å². The minimum atomic E-state index is -0.102. The molecule has 3 heteroatoms. The highest BCUT2D eigenvalue weighted by Gasteiger charge is 2.25. The van der Waals surface area contributed by atoms with E-state index in [4.69, 9.17) is 5.73 Å². The summed E-state index contributed by atoms with van der Waals surface area (Å²) >= 11 is 0. The van der Waals surface area contributed by atoms with E-state index in [0.29, 0.717) is 18.7 Å². The Hall–Kier alpha value is -2.13. The van der Waals surface area contributed by atoms with Gasteiger partial charge in [-0.2, -0.15) is 0 Å². The van der Waals surface area contributed by atoms with Gasteiger partial charge < -0.3 is 10.6 Å². The van der Waals surface area contributed by atoms with E-state index in [-0.39, 0.29) is 11.3 Å². The molecular formula is C20H26N2O. The summed E-state index contributed by atoms with van der Waals surface area (Å²) in [6, 6.07) is 16.0. The van der Waals surface area contributed by atoms with E-state index in [1.165, 1.54) is 11.1 Å². The molecule has 0 aliphatic heterocycles. The predicted octanol–water partition coefficient (Wildman–Crippen LogP) is 3.50. The van der Waals surface area contributed by atoms with Crippen molar-refractivity contribution < 1.29 is 4.79 Å². The van der Waals surface area contributed by atoms with Gasteiger partial charge in [-0.25, -0.2) is 0 Å². The highest BCUT2D eigenvalue weighted by molar-refractivity contribution is 5.94. The van der Waals surface area contributed by atoms with Gasteiger partial charge in [-0.05, 0) is 30.2 Å². The summed E-state index contributed by atoms with van der Waals surface area (Å²) in [4.78, 5) is 14.4. The van der Waals surface area contributed by atoms with Crippen LogP contribution in [0.4, 0.5) is 0 Å². The maximum absolute atomic E-state index is 12.6. The van der Waals surface area contributed by atoms with Crippen LogP contribution in [0.25, 0.3) is 0 Å². The fraction of sp³-hybridized carbons (Fsp3) is 0.350. The molecule has 122 valence electrons. The Labute approximate surface area is 139 Å². The van der Waals surface area contributed by atoms with Crippen molar-refractivity contribution in [3.05, 3.63) is 70.8 Å². The number of nitrogens with zero attached hydrogens (tertiary/aromatic N) is 1. The van der Waals surface area contributed by atoms with E-state index in [1.54, 1.807) is 4.90 Å². The topological polar surface area (TPSA) is 46.3 Å². The third kappa shape index (κ3) is 4.20. The molecule has 1 amide bonds. The van der Waals surface area contributed by atoms with Crippen molar-refractivity contribution in [1.29, 1.82) is 0 Å². The number of aryl methyl sites for hydroxylation is 1. The first kappa shape index (κ1) is 17.2. The van der Waals surface area contributed by atoms with Crippen LogP contribution in [0.1, 0.15) is 40.9 Å². The van der Waals surface area contributed by atoms with Gasteiger partial charge in [0.15, 0.2) is 0 Å². The summed E-state index contributed by atoms with van der Waals surface area (Å²) in [7, 11) is 1.86. The number of likely N-dealkylation sites (N-methyl/N-ethyl adjacent to an activating group) is 1. The van der Waals surface area contributed by atoms with Crippen molar-refractivity contribution in [2.45, 2.75) is 32.7 Å². The molecular weight excluding hydrogens is 284 g/mol. The zero-order valence-corrected chi connectivity index (χ0v) is 14.5. The second-order valence-electron chi connectivity index (χ2n) is 6.81. The van der Waals surface area contributed by atoms with Crippen molar-refractivity contribution in [2.24, 2.45) is 5.73 Å². The molecule has 2 aromatic rings. The lowest BCUT2D eigenvalue weighted by Crippen LogP contribution is -2.38. The smallest absolute Gasteiger partial charge is 0.253 e. The third-order valence-electron chi connectivity index (χ3n) is 4.25. The van der Waals surface area contributed by atoms with E-state index in [1.807, 2.05) is 31.3 Å². The van der Waals surface area contributed by atoms with Gasteiger partial charge in [0, 0.05) is 31.1 Å². The number of rotatable bonds is 5. The van der Waals surface area contributed by atoms with Gasteiger partial charge in [0.05, 0.1) is 0 Å². The van der Waals surface area contributed by atoms with Crippen LogP contribution in [0.2, 0.25) is 0 Å². The van der Waals surface area contributed by atoms with E-state index in [0.717, 1.165) is 5.56 Å². The zero-order valence-electron chi connectivity index (χ0n) is 14.5. The number of hydrogen-bond donors (Lipinski definition) is 1. The van der Waals surface area contributed by atoms with Gasteiger partial charge in [-0.15, -0.1) is 0 Å². The van der Waals surface area contributed by atoms with Crippen LogP contribution in [0.5, 0.6) is 0 Å². The highest BCUT2D eigenvalue weighted by Crippen LogP contribution is 2.25. The summed E-state index contributed by atoms with van der Waals surface area (Å²) in [5, 5.41) is 0. The summed E-state index contributed by atoms with van der Waals surface area (Å²) < 4.78 is 0. The minimum Gasteiger partial charge on any atom is -0.341 e. The lowest BCUT2D eigenvalue weighted by Gasteiger charge is -2.31. The van der Waals surface area contributed by atoms with Crippen LogP contribution in [-0.2, 0) is 12.0 Å². The van der Waals surface area contributed by atoms with Crippen molar-refractivity contribution in [1.82, 2.24) is 4.90 Å². The first-order chi connectivity index (χ1) is 10.8. The Morgan fingerprint density at radius 3 is 2.13 bits per heavy atom. The van der Waals surface area contributed by atoms with Crippen LogP contribution in [-0.4, -0.2) is 24.4 Å². The molecule has 2 rings (SSSR count). The van der Waals surface area contributed by atoms with Gasteiger partial charge >= 0.3 is 0 Å². The fourth-order valence-electron chi connectivity index (χ4n) is 2.76. The summed E-state index contributed by atoms with van der Waals surface area (Å²) in [5.74, 6) is 0.0359. The molecule has 3 nitrogen and oxygen atoms in total. The Balaban J connectivity index is 2.11. The Bertz CT molecular complexity index is 657. The maximum atomic E-state index is 12.6. The van der Waals surface area contributed by atoms with E-state index in [9.17, 15) is 4.79 Å². The van der Waals surface area contributed by atoms with Crippen molar-refractivity contribution >= 4 is 5.91 Å². The first-order valence-electron chi connectivity index (χ1n) is 7.95. The van der Waals surface area contributed by atoms with Crippen molar-refractivity contribution in [3.8, 4) is 0 Å². The number of hydrogen-bond acceptors (Lipinski definition) is 2. The highest BCUT2D eigenvalue weighted by atomic mass is 16.2. The molecule has 2 N–H and O–H groups in total. The molecule has 2 aromatic carbocycles. The van der Waals surface area contributed by atoms with Crippen LogP contribution in [0.3, 0.4) is 0 Å². The van der Waals surface area contributed by atoms with Crippen molar-refractivity contribution in [2.75, 3.05) is 13.6 Å². The van der Waals surface area contributed by atoms with Gasteiger partial charge in [-0.1, -0.05) is 55.8 Å². The van der Waals surface area contributed by atoms with Gasteiger partial charge in [0.1, 0.15) is 0 Å². The van der Waals surface area contributed by atoms with Crippen LogP contribution in [0.15, 0.2) is 48.5 Å². The average molecular weight is 310 g/mol. The second kappa shape index (κ2) is 6.97. The standard InChI is InChI=1S/C20H26N2O/c1-15-5-11-18(12-6-15)20(2,3)14-22(4)19(23)17-9-7-16(13-21)8-10-17/h5-12H,13-14,21H2,1-4H3. The molecule has 0 aliphatic carbocycles. The first-order valence-corrected chi connectivity index (χ1v) is 7.95. The molecule has 0 spiro atoms. The molecule has 0 atom stereocenters. The van der Waals surface area contributed by atoms with E-state index < -0.39 is 0 Å². The van der Waals surface area contributed by atoms with Crippen molar-refractivity contribution in [3.63, 3.8) is 0 Å². The Morgan fingerprint density at radius 1 is 1.04 bits per heavy atom. The molecule has 0 heterocycles. The molecule has 0 saturated heterocycles. The largest absolute Gasteiger partial charge is 0.341 e. The summed E-state index contributed by atoms with van der Waals surface area (Å²) in [6.45, 7) is 7.56. The molecule has 23 heavy (non-hydrogen) atoms. The normalized spacial score (nSPS) is 11.3. The molecule has 0 aliphatic rings. The molecule has 0 saturated carbocycles. The number of carbonyl (C=O) groups is 1. The predicted molar refractivity (Wildman–Crippen MR) is 95.5 cm³/mol. The number of amides is 1. The lowest BCUT2D eigenvalue weighted by atomic mass is 9.83. The third-order valence-corrected chi connectivity index (χ3v) is 4.25. The SMILES string of the molecule is Cc1ccc(C(C)(C)CN(C)C(=O)c2ccc(CN)cc2)cc1. The average Bonchev–Trinajstić information content (AvgIpc) is 2.54. The van der Waals surface area contributed by atoms with Gasteiger partial charge in [0.25, 0.3) is 5.91 Å². The van der Waals surface area contributed by atoms with E-state index >= 15 is 0 Å². The minimum absolute atomic E-state index is 0.0359. The van der Waals surface area contributed by atoms with Gasteiger partial charge in [-0.3, -0.25) is 4.79 Å². The second-order valence-corrected chi connectivity index (χ2v) is 6.81. The molecule has 0 unspecified atom stereocenters. The quantitative estimate of drug-likeness (QED) is 0.918. The van der Waals surface area contributed by atoms with Crippen LogP contribution < -0.4 is 5.73 Å². The zero-order chi connectivity index (χ0) is 17.0. The lowest BCUT2D eigenvalue weighted by molar-refractivity contribution is 0.0767. The number of carbonyl (C=O) groups excluding carboxylic acids is 1. The number of nitrogens with two attached hydrogens (primary N) is 1. The Kier molecular flexibility index (Phi) is 5.22. The maximum Gasteiger partial charge on any atom is 0.253 e. The summed E-state index contributed by atoms with van der Waals surface area (Å²) in [5.41, 5.74) is 9.71. The molecule has 0 aromatic heterocycles.